The summed E-state index contributed by atoms with van der Waals surface area (Å²) in [7, 11) is 0. The van der Waals surface area contributed by atoms with E-state index in [0.717, 1.165) is 5.69 Å². The van der Waals surface area contributed by atoms with E-state index in [0.29, 0.717) is 11.5 Å². The summed E-state index contributed by atoms with van der Waals surface area (Å²) in [5.41, 5.74) is 1.10. The van der Waals surface area contributed by atoms with E-state index in [2.05, 4.69) is 4.98 Å². The molecule has 0 fully saturated rings. The monoisotopic (exact) mass is 229 g/mol. The summed E-state index contributed by atoms with van der Waals surface area (Å²) in [5.74, 6) is 0.331. The second-order valence-corrected chi connectivity index (χ2v) is 3.56. The van der Waals surface area contributed by atoms with E-state index < -0.39 is 5.97 Å². The summed E-state index contributed by atoms with van der Waals surface area (Å²) in [6.45, 7) is 1.88. The normalized spacial score (nSPS) is 9.94. The van der Waals surface area contributed by atoms with Crippen molar-refractivity contribution in [3.63, 3.8) is 0 Å². The number of carboxylic acids is 1. The molecule has 0 saturated heterocycles. The highest BCUT2D eigenvalue weighted by atomic mass is 16.5. The highest BCUT2D eigenvalue weighted by Gasteiger charge is 2.03. The third-order valence-corrected chi connectivity index (χ3v) is 2.21. The Morgan fingerprint density at radius 1 is 1.18 bits per heavy atom. The van der Waals surface area contributed by atoms with Gasteiger partial charge in [0.2, 0.25) is 0 Å². The second kappa shape index (κ2) is 4.65. The van der Waals surface area contributed by atoms with Crippen molar-refractivity contribution in [2.45, 2.75) is 6.92 Å². The van der Waals surface area contributed by atoms with Crippen molar-refractivity contribution in [1.82, 2.24) is 4.98 Å². The van der Waals surface area contributed by atoms with Crippen molar-refractivity contribution >= 4 is 5.97 Å². The molecule has 0 aliphatic carbocycles. The number of ether oxygens (including phenoxy) is 1. The van der Waals surface area contributed by atoms with Crippen molar-refractivity contribution in [1.29, 1.82) is 0 Å². The maximum Gasteiger partial charge on any atom is 0.335 e. The lowest BCUT2D eigenvalue weighted by molar-refractivity contribution is 0.0697. The van der Waals surface area contributed by atoms with Gasteiger partial charge in [0.15, 0.2) is 0 Å². The van der Waals surface area contributed by atoms with Gasteiger partial charge in [0, 0.05) is 18.0 Å². The zero-order valence-electron chi connectivity index (χ0n) is 9.25. The Labute approximate surface area is 98.5 Å². The number of carboxylic acid groups (broad SMARTS) is 1. The number of aromatic carboxylic acids is 1. The molecular weight excluding hydrogens is 218 g/mol. The third-order valence-electron chi connectivity index (χ3n) is 2.21. The van der Waals surface area contributed by atoms with Crippen molar-refractivity contribution in [2.24, 2.45) is 0 Å². The first-order valence-corrected chi connectivity index (χ1v) is 5.09. The van der Waals surface area contributed by atoms with Gasteiger partial charge in [-0.15, -0.1) is 0 Å². The van der Waals surface area contributed by atoms with Crippen LogP contribution in [0, 0.1) is 6.92 Å². The lowest BCUT2D eigenvalue weighted by atomic mass is 10.2. The van der Waals surface area contributed by atoms with Crippen LogP contribution in [0.4, 0.5) is 0 Å². The molecule has 1 N–H and O–H groups in total. The molecule has 4 heteroatoms. The molecule has 86 valence electrons. The molecule has 2 rings (SSSR count). The van der Waals surface area contributed by atoms with E-state index in [1.54, 1.807) is 24.4 Å². The lowest BCUT2D eigenvalue weighted by Crippen LogP contribution is -1.95. The first-order chi connectivity index (χ1) is 8.15. The Balaban J connectivity index is 2.16. The summed E-state index contributed by atoms with van der Waals surface area (Å²) in [4.78, 5) is 14.7. The average molecular weight is 229 g/mol. The number of aromatic nitrogens is 1. The van der Waals surface area contributed by atoms with Crippen LogP contribution >= 0.6 is 0 Å². The maximum atomic E-state index is 10.7. The Morgan fingerprint density at radius 3 is 2.47 bits per heavy atom. The van der Waals surface area contributed by atoms with Gasteiger partial charge in [-0.2, -0.15) is 0 Å². The fraction of sp³-hybridized carbons (Fsp3) is 0.0769. The van der Waals surface area contributed by atoms with Crippen molar-refractivity contribution in [3.8, 4) is 11.5 Å². The molecular formula is C13H11NO3. The van der Waals surface area contributed by atoms with Gasteiger partial charge in [0.1, 0.15) is 11.5 Å². The predicted octanol–water partition coefficient (Wildman–Crippen LogP) is 2.88. The molecule has 1 aromatic heterocycles. The number of pyridine rings is 1. The summed E-state index contributed by atoms with van der Waals surface area (Å²) < 4.78 is 5.56. The third kappa shape index (κ3) is 2.81. The van der Waals surface area contributed by atoms with Crippen LogP contribution in [0.5, 0.6) is 11.5 Å². The van der Waals surface area contributed by atoms with E-state index in [4.69, 9.17) is 9.84 Å². The molecule has 0 aliphatic heterocycles. The van der Waals surface area contributed by atoms with Gasteiger partial charge < -0.3 is 9.84 Å². The highest BCUT2D eigenvalue weighted by Crippen LogP contribution is 2.21. The van der Waals surface area contributed by atoms with Crippen LogP contribution in [0.2, 0.25) is 0 Å². The second-order valence-electron chi connectivity index (χ2n) is 3.56. The minimum absolute atomic E-state index is 0.239. The van der Waals surface area contributed by atoms with E-state index in [1.807, 2.05) is 13.0 Å². The molecule has 0 bridgehead atoms. The van der Waals surface area contributed by atoms with Gasteiger partial charge in [-0.3, -0.25) is 4.98 Å². The number of aryl methyl sites for hydroxylation is 1. The fourth-order valence-electron chi connectivity index (χ4n) is 1.38. The molecule has 1 heterocycles. The zero-order chi connectivity index (χ0) is 12.3. The van der Waals surface area contributed by atoms with Gasteiger partial charge in [-0.25, -0.2) is 4.79 Å². The molecule has 0 amide bonds. The van der Waals surface area contributed by atoms with E-state index in [1.165, 1.54) is 12.1 Å². The predicted molar refractivity (Wildman–Crippen MR) is 62.4 cm³/mol. The minimum atomic E-state index is -0.948. The molecule has 0 spiro atoms. The smallest absolute Gasteiger partial charge is 0.335 e. The zero-order valence-corrected chi connectivity index (χ0v) is 9.25. The first kappa shape index (κ1) is 11.1. The highest BCUT2D eigenvalue weighted by molar-refractivity contribution is 5.87. The fourth-order valence-corrected chi connectivity index (χ4v) is 1.38. The number of rotatable bonds is 3. The maximum absolute atomic E-state index is 10.7. The van der Waals surface area contributed by atoms with Crippen LogP contribution in [0.25, 0.3) is 0 Å². The summed E-state index contributed by atoms with van der Waals surface area (Å²) in [6, 6.07) is 9.82. The SMILES string of the molecule is Cc1cc(Oc2ccc(C(=O)O)cc2)ccn1. The van der Waals surface area contributed by atoms with Crippen LogP contribution in [0.1, 0.15) is 16.1 Å². The molecule has 4 nitrogen and oxygen atoms in total. The van der Waals surface area contributed by atoms with Gasteiger partial charge >= 0.3 is 5.97 Å². The van der Waals surface area contributed by atoms with E-state index in [-0.39, 0.29) is 5.56 Å². The largest absolute Gasteiger partial charge is 0.478 e. The number of carbonyl (C=O) groups is 1. The first-order valence-electron chi connectivity index (χ1n) is 5.09. The molecule has 0 saturated carbocycles. The molecule has 0 atom stereocenters. The summed E-state index contributed by atoms with van der Waals surface area (Å²) in [5, 5.41) is 8.75. The molecule has 2 aromatic rings. The quantitative estimate of drug-likeness (QED) is 0.879. The molecule has 0 radical (unpaired) electrons. The van der Waals surface area contributed by atoms with Gasteiger partial charge in [0.25, 0.3) is 0 Å². The number of benzene rings is 1. The van der Waals surface area contributed by atoms with Gasteiger partial charge in [0.05, 0.1) is 5.56 Å². The number of hydrogen-bond acceptors (Lipinski definition) is 3. The van der Waals surface area contributed by atoms with Crippen molar-refractivity contribution < 1.29 is 14.6 Å². The standard InChI is InChI=1S/C13H11NO3/c1-9-8-12(6-7-14-9)17-11-4-2-10(3-5-11)13(15)16/h2-8H,1H3,(H,15,16). The Kier molecular flexibility index (Phi) is 3.05. The molecule has 17 heavy (non-hydrogen) atoms. The van der Waals surface area contributed by atoms with E-state index in [9.17, 15) is 4.79 Å². The van der Waals surface area contributed by atoms with Crippen LogP contribution in [-0.4, -0.2) is 16.1 Å². The van der Waals surface area contributed by atoms with Crippen LogP contribution in [0.3, 0.4) is 0 Å². The average Bonchev–Trinajstić information content (AvgIpc) is 2.29. The number of nitrogens with zero attached hydrogens (tertiary/aromatic N) is 1. The molecule has 0 aliphatic rings. The summed E-state index contributed by atoms with van der Waals surface area (Å²) >= 11 is 0. The van der Waals surface area contributed by atoms with Crippen LogP contribution in [0.15, 0.2) is 42.6 Å². The molecule has 1 aromatic carbocycles. The minimum Gasteiger partial charge on any atom is -0.478 e. The van der Waals surface area contributed by atoms with Crippen molar-refractivity contribution in [3.05, 3.63) is 53.9 Å². The van der Waals surface area contributed by atoms with Crippen molar-refractivity contribution in [2.75, 3.05) is 0 Å². The lowest BCUT2D eigenvalue weighted by Gasteiger charge is -2.05. The number of hydrogen-bond donors (Lipinski definition) is 1. The van der Waals surface area contributed by atoms with E-state index >= 15 is 0 Å². The Bertz CT molecular complexity index is 535. The Morgan fingerprint density at radius 2 is 1.88 bits per heavy atom. The van der Waals surface area contributed by atoms with Gasteiger partial charge in [-0.05, 0) is 37.3 Å². The topological polar surface area (TPSA) is 59.4 Å². The summed E-state index contributed by atoms with van der Waals surface area (Å²) in [6.07, 6.45) is 1.66. The van der Waals surface area contributed by atoms with Crippen LogP contribution < -0.4 is 4.74 Å². The van der Waals surface area contributed by atoms with Gasteiger partial charge in [-0.1, -0.05) is 0 Å². The van der Waals surface area contributed by atoms with Crippen LogP contribution in [-0.2, 0) is 0 Å². The molecule has 0 unspecified atom stereocenters. The Hall–Kier alpha value is -2.36.